The van der Waals surface area contributed by atoms with E-state index in [9.17, 15) is 13.6 Å². The van der Waals surface area contributed by atoms with E-state index in [1.54, 1.807) is 4.90 Å². The Morgan fingerprint density at radius 3 is 2.53 bits per heavy atom. The van der Waals surface area contributed by atoms with Crippen LogP contribution in [-0.2, 0) is 0 Å². The largest absolute Gasteiger partial charge is 0.338 e. The second-order valence-corrected chi connectivity index (χ2v) is 5.44. The Balaban J connectivity index is 1.87. The lowest BCUT2D eigenvalue weighted by atomic mass is 10.0. The maximum absolute atomic E-state index is 14.0. The lowest BCUT2D eigenvalue weighted by molar-refractivity contribution is 0.0771. The number of carbonyl (C=O) groups excluding carboxylic acids is 1. The summed E-state index contributed by atoms with van der Waals surface area (Å²) in [6.07, 6.45) is 0. The standard InChI is InChI=1S/C14H16F2N2O/c1-8-2-3-11(15)12(13(8)16)14(19)18-6-9-4-17-5-10(9)7-18/h2-3,9-10,17H,4-7H2,1H3/t9-,10+. The van der Waals surface area contributed by atoms with Gasteiger partial charge >= 0.3 is 0 Å². The molecule has 1 aromatic carbocycles. The van der Waals surface area contributed by atoms with E-state index in [4.69, 9.17) is 0 Å². The minimum atomic E-state index is -0.775. The van der Waals surface area contributed by atoms with Gasteiger partial charge in [-0.15, -0.1) is 0 Å². The summed E-state index contributed by atoms with van der Waals surface area (Å²) in [6, 6.07) is 2.51. The van der Waals surface area contributed by atoms with Crippen LogP contribution in [0.5, 0.6) is 0 Å². The second-order valence-electron chi connectivity index (χ2n) is 5.44. The van der Waals surface area contributed by atoms with Crippen molar-refractivity contribution in [1.29, 1.82) is 0 Å². The molecule has 19 heavy (non-hydrogen) atoms. The van der Waals surface area contributed by atoms with Gasteiger partial charge in [0.1, 0.15) is 17.2 Å². The van der Waals surface area contributed by atoms with Crippen molar-refractivity contribution >= 4 is 5.91 Å². The van der Waals surface area contributed by atoms with E-state index in [2.05, 4.69) is 5.32 Å². The molecular weight excluding hydrogens is 250 g/mol. The molecule has 1 amide bonds. The Labute approximate surface area is 110 Å². The summed E-state index contributed by atoms with van der Waals surface area (Å²) >= 11 is 0. The second kappa shape index (κ2) is 4.56. The summed E-state index contributed by atoms with van der Waals surface area (Å²) < 4.78 is 27.7. The van der Waals surface area contributed by atoms with Gasteiger partial charge in [0.15, 0.2) is 0 Å². The van der Waals surface area contributed by atoms with Crippen LogP contribution in [-0.4, -0.2) is 37.0 Å². The van der Waals surface area contributed by atoms with E-state index in [-0.39, 0.29) is 0 Å². The SMILES string of the molecule is Cc1ccc(F)c(C(=O)N2C[C@H]3CNC[C@H]3C2)c1F. The Bertz CT molecular complexity index is 520. The van der Waals surface area contributed by atoms with Crippen molar-refractivity contribution in [3.05, 3.63) is 34.9 Å². The number of likely N-dealkylation sites (tertiary alicyclic amines) is 1. The number of hydrogen-bond donors (Lipinski definition) is 1. The number of rotatable bonds is 1. The van der Waals surface area contributed by atoms with Gasteiger partial charge in [0.2, 0.25) is 0 Å². The van der Waals surface area contributed by atoms with Crippen LogP contribution in [0.3, 0.4) is 0 Å². The van der Waals surface area contributed by atoms with E-state index in [1.807, 2.05) is 0 Å². The molecule has 2 saturated heterocycles. The molecule has 102 valence electrons. The van der Waals surface area contributed by atoms with Gasteiger partial charge in [-0.1, -0.05) is 6.07 Å². The van der Waals surface area contributed by atoms with Crippen LogP contribution in [0.15, 0.2) is 12.1 Å². The summed E-state index contributed by atoms with van der Waals surface area (Å²) in [5, 5.41) is 3.27. The first-order valence-electron chi connectivity index (χ1n) is 6.52. The number of nitrogens with one attached hydrogen (secondary N) is 1. The molecule has 0 radical (unpaired) electrons. The molecule has 1 N–H and O–H groups in total. The van der Waals surface area contributed by atoms with Crippen LogP contribution in [0.2, 0.25) is 0 Å². The highest BCUT2D eigenvalue weighted by Crippen LogP contribution is 2.28. The fourth-order valence-electron chi connectivity index (χ4n) is 3.03. The number of fused-ring (bicyclic) bond motifs is 1. The molecule has 0 bridgehead atoms. The Morgan fingerprint density at radius 1 is 1.26 bits per heavy atom. The van der Waals surface area contributed by atoms with Crippen molar-refractivity contribution in [3.63, 3.8) is 0 Å². The van der Waals surface area contributed by atoms with E-state index in [1.165, 1.54) is 13.0 Å². The zero-order valence-corrected chi connectivity index (χ0v) is 10.7. The van der Waals surface area contributed by atoms with Crippen molar-refractivity contribution in [1.82, 2.24) is 10.2 Å². The predicted octanol–water partition coefficient (Wildman–Crippen LogP) is 1.56. The molecule has 2 heterocycles. The summed E-state index contributed by atoms with van der Waals surface area (Å²) in [7, 11) is 0. The maximum Gasteiger partial charge on any atom is 0.259 e. The third-order valence-corrected chi connectivity index (χ3v) is 4.17. The highest BCUT2D eigenvalue weighted by atomic mass is 19.1. The first kappa shape index (κ1) is 12.5. The van der Waals surface area contributed by atoms with Crippen LogP contribution in [0.25, 0.3) is 0 Å². The molecule has 0 saturated carbocycles. The van der Waals surface area contributed by atoms with Gasteiger partial charge in [0.05, 0.1) is 0 Å². The Kier molecular flexibility index (Phi) is 3.01. The zero-order valence-electron chi connectivity index (χ0n) is 10.7. The molecule has 3 nitrogen and oxygen atoms in total. The van der Waals surface area contributed by atoms with Crippen LogP contribution in [0.4, 0.5) is 8.78 Å². The quantitative estimate of drug-likeness (QED) is 0.836. The summed E-state index contributed by atoms with van der Waals surface area (Å²) in [5.41, 5.74) is -0.112. The van der Waals surface area contributed by atoms with Gasteiger partial charge in [-0.3, -0.25) is 4.79 Å². The van der Waals surface area contributed by atoms with Crippen LogP contribution in [0, 0.1) is 30.4 Å². The first-order chi connectivity index (χ1) is 9.08. The number of hydrogen-bond acceptors (Lipinski definition) is 2. The predicted molar refractivity (Wildman–Crippen MR) is 66.8 cm³/mol. The van der Waals surface area contributed by atoms with Gasteiger partial charge in [-0.25, -0.2) is 8.78 Å². The van der Waals surface area contributed by atoms with Crippen molar-refractivity contribution in [3.8, 4) is 0 Å². The van der Waals surface area contributed by atoms with Crippen molar-refractivity contribution < 1.29 is 13.6 Å². The molecule has 2 fully saturated rings. The van der Waals surface area contributed by atoms with Gasteiger partial charge in [-0.05, 0) is 30.4 Å². The van der Waals surface area contributed by atoms with Crippen molar-refractivity contribution in [2.75, 3.05) is 26.2 Å². The Hall–Kier alpha value is -1.49. The molecule has 0 unspecified atom stereocenters. The highest BCUT2D eigenvalue weighted by Gasteiger charge is 2.39. The lowest BCUT2D eigenvalue weighted by Crippen LogP contribution is -2.33. The zero-order chi connectivity index (χ0) is 13.6. The van der Waals surface area contributed by atoms with Gasteiger partial charge < -0.3 is 10.2 Å². The number of nitrogens with zero attached hydrogens (tertiary/aromatic N) is 1. The molecule has 0 spiro atoms. The molecule has 0 aromatic heterocycles. The molecule has 3 rings (SSSR count). The number of halogens is 2. The normalized spacial score (nSPS) is 25.7. The number of amides is 1. The molecule has 5 heteroatoms. The number of aryl methyl sites for hydroxylation is 1. The fourth-order valence-corrected chi connectivity index (χ4v) is 3.03. The van der Waals surface area contributed by atoms with Crippen molar-refractivity contribution in [2.45, 2.75) is 6.92 Å². The number of carbonyl (C=O) groups is 1. The molecule has 2 aliphatic heterocycles. The van der Waals surface area contributed by atoms with Gasteiger partial charge in [-0.2, -0.15) is 0 Å². The fraction of sp³-hybridized carbons (Fsp3) is 0.500. The monoisotopic (exact) mass is 266 g/mol. The van der Waals surface area contributed by atoms with E-state index < -0.39 is 23.1 Å². The summed E-state index contributed by atoms with van der Waals surface area (Å²) in [6.45, 7) is 4.47. The van der Waals surface area contributed by atoms with Crippen LogP contribution < -0.4 is 5.32 Å². The van der Waals surface area contributed by atoms with Gasteiger partial charge in [0, 0.05) is 26.2 Å². The van der Waals surface area contributed by atoms with Crippen molar-refractivity contribution in [2.24, 2.45) is 11.8 Å². The van der Waals surface area contributed by atoms with E-state index in [0.717, 1.165) is 19.2 Å². The topological polar surface area (TPSA) is 32.3 Å². The van der Waals surface area contributed by atoms with E-state index in [0.29, 0.717) is 30.5 Å². The van der Waals surface area contributed by atoms with Crippen LogP contribution >= 0.6 is 0 Å². The highest BCUT2D eigenvalue weighted by molar-refractivity contribution is 5.95. The minimum absolute atomic E-state index is 0.297. The summed E-state index contributed by atoms with van der Waals surface area (Å²) in [4.78, 5) is 13.9. The average molecular weight is 266 g/mol. The smallest absolute Gasteiger partial charge is 0.259 e. The van der Waals surface area contributed by atoms with E-state index >= 15 is 0 Å². The molecule has 2 aliphatic rings. The summed E-state index contributed by atoms with van der Waals surface area (Å²) in [5.74, 6) is -1.20. The lowest BCUT2D eigenvalue weighted by Gasteiger charge is -2.18. The van der Waals surface area contributed by atoms with Crippen LogP contribution in [0.1, 0.15) is 15.9 Å². The molecular formula is C14H16F2N2O. The number of benzene rings is 1. The molecule has 0 aliphatic carbocycles. The molecule has 1 aromatic rings. The average Bonchev–Trinajstić information content (AvgIpc) is 2.94. The maximum atomic E-state index is 14.0. The third kappa shape index (κ3) is 2.02. The first-order valence-corrected chi connectivity index (χ1v) is 6.52. The minimum Gasteiger partial charge on any atom is -0.338 e. The Morgan fingerprint density at radius 2 is 1.89 bits per heavy atom. The molecule has 2 atom stereocenters. The third-order valence-electron chi connectivity index (χ3n) is 4.17. The van der Waals surface area contributed by atoms with Gasteiger partial charge in [0.25, 0.3) is 5.91 Å².